The van der Waals surface area contributed by atoms with Crippen LogP contribution in [0.5, 0.6) is 5.75 Å². The molecular weight excluding hydrogens is 354 g/mol. The van der Waals surface area contributed by atoms with Gasteiger partial charge >= 0.3 is 5.97 Å². The van der Waals surface area contributed by atoms with Gasteiger partial charge in [-0.05, 0) is 55.2 Å². The second-order valence-corrected chi connectivity index (χ2v) is 6.31. The molecule has 0 aliphatic carbocycles. The van der Waals surface area contributed by atoms with Crippen LogP contribution in [0.2, 0.25) is 5.02 Å². The zero-order chi connectivity index (χ0) is 19.1. The number of para-hydroxylation sites is 1. The van der Waals surface area contributed by atoms with Crippen molar-refractivity contribution < 1.29 is 19.1 Å². The number of ether oxygens (including phenoxy) is 2. The minimum absolute atomic E-state index is 0.276. The zero-order valence-electron chi connectivity index (χ0n) is 15.1. The number of aryl methyl sites for hydroxylation is 3. The largest absolute Gasteiger partial charge is 0.481 e. The van der Waals surface area contributed by atoms with Crippen molar-refractivity contribution >= 4 is 29.2 Å². The fourth-order valence-electron chi connectivity index (χ4n) is 2.58. The third-order valence-corrected chi connectivity index (χ3v) is 4.01. The molecule has 6 heteroatoms. The molecular formula is C20H22ClNO4. The molecule has 2 aromatic carbocycles. The van der Waals surface area contributed by atoms with E-state index in [0.717, 1.165) is 28.8 Å². The van der Waals surface area contributed by atoms with Crippen LogP contribution < -0.4 is 10.1 Å². The molecule has 0 fully saturated rings. The quantitative estimate of drug-likeness (QED) is 0.740. The third-order valence-electron chi connectivity index (χ3n) is 3.80. The van der Waals surface area contributed by atoms with Gasteiger partial charge < -0.3 is 14.8 Å². The van der Waals surface area contributed by atoms with Crippen molar-refractivity contribution in [2.75, 3.05) is 18.5 Å². The van der Waals surface area contributed by atoms with Gasteiger partial charge in [0.15, 0.2) is 13.2 Å². The van der Waals surface area contributed by atoms with Crippen LogP contribution >= 0.6 is 11.6 Å². The highest BCUT2D eigenvalue weighted by Gasteiger charge is 2.12. The van der Waals surface area contributed by atoms with E-state index in [2.05, 4.69) is 5.32 Å². The van der Waals surface area contributed by atoms with Crippen molar-refractivity contribution in [3.8, 4) is 5.75 Å². The van der Waals surface area contributed by atoms with Crippen LogP contribution in [-0.4, -0.2) is 25.1 Å². The van der Waals surface area contributed by atoms with E-state index in [4.69, 9.17) is 21.1 Å². The summed E-state index contributed by atoms with van der Waals surface area (Å²) in [5.74, 6) is -0.413. The Balaban J connectivity index is 1.82. The Bertz CT molecular complexity index is 781. The number of benzene rings is 2. The van der Waals surface area contributed by atoms with E-state index in [-0.39, 0.29) is 13.2 Å². The highest BCUT2D eigenvalue weighted by atomic mass is 35.5. The van der Waals surface area contributed by atoms with Gasteiger partial charge in [0.1, 0.15) is 5.75 Å². The molecule has 0 atom stereocenters. The van der Waals surface area contributed by atoms with Crippen molar-refractivity contribution in [2.24, 2.45) is 0 Å². The molecule has 0 heterocycles. The first-order valence-corrected chi connectivity index (χ1v) is 8.71. The van der Waals surface area contributed by atoms with E-state index in [1.165, 1.54) is 0 Å². The standard InChI is InChI=1S/C20H22ClNO4/c1-4-15-7-5-6-8-17(15)22-18(23)11-25-19(24)12-26-20-13(2)9-16(21)10-14(20)3/h5-10H,4,11-12H2,1-3H3,(H,22,23). The van der Waals surface area contributed by atoms with Crippen LogP contribution in [0.4, 0.5) is 5.69 Å². The maximum atomic E-state index is 12.0. The maximum absolute atomic E-state index is 12.0. The first-order valence-electron chi connectivity index (χ1n) is 8.33. The fraction of sp³-hybridized carbons (Fsp3) is 0.300. The second-order valence-electron chi connectivity index (χ2n) is 5.88. The number of esters is 1. The molecule has 0 aromatic heterocycles. The normalized spacial score (nSPS) is 10.3. The molecule has 0 unspecified atom stereocenters. The molecule has 0 saturated carbocycles. The SMILES string of the molecule is CCc1ccccc1NC(=O)COC(=O)COc1c(C)cc(Cl)cc1C. The lowest BCUT2D eigenvalue weighted by molar-refractivity contribution is -0.149. The van der Waals surface area contributed by atoms with Crippen LogP contribution in [-0.2, 0) is 20.7 Å². The summed E-state index contributed by atoms with van der Waals surface area (Å²) in [7, 11) is 0. The average Bonchev–Trinajstić information content (AvgIpc) is 2.59. The fourth-order valence-corrected chi connectivity index (χ4v) is 2.91. The number of amides is 1. The Morgan fingerprint density at radius 3 is 2.38 bits per heavy atom. The molecule has 5 nitrogen and oxygen atoms in total. The number of carbonyl (C=O) groups excluding carboxylic acids is 2. The summed E-state index contributed by atoms with van der Waals surface area (Å²) in [6.45, 7) is 5.06. The van der Waals surface area contributed by atoms with Crippen LogP contribution in [0.1, 0.15) is 23.6 Å². The minimum Gasteiger partial charge on any atom is -0.481 e. The first-order chi connectivity index (χ1) is 12.4. The van der Waals surface area contributed by atoms with E-state index in [9.17, 15) is 9.59 Å². The van der Waals surface area contributed by atoms with Gasteiger partial charge in [-0.3, -0.25) is 4.79 Å². The number of carbonyl (C=O) groups is 2. The van der Waals surface area contributed by atoms with Gasteiger partial charge in [0.2, 0.25) is 0 Å². The van der Waals surface area contributed by atoms with Gasteiger partial charge in [-0.25, -0.2) is 4.79 Å². The molecule has 1 N–H and O–H groups in total. The van der Waals surface area contributed by atoms with Crippen LogP contribution in [0.15, 0.2) is 36.4 Å². The molecule has 2 rings (SSSR count). The number of halogens is 1. The van der Waals surface area contributed by atoms with Gasteiger partial charge in [0.05, 0.1) is 0 Å². The van der Waals surface area contributed by atoms with Crippen molar-refractivity contribution in [3.63, 3.8) is 0 Å². The number of hydrogen-bond acceptors (Lipinski definition) is 4. The second kappa shape index (κ2) is 9.25. The molecule has 2 aromatic rings. The van der Waals surface area contributed by atoms with Gasteiger partial charge in [0.25, 0.3) is 5.91 Å². The molecule has 26 heavy (non-hydrogen) atoms. The van der Waals surface area contributed by atoms with Crippen LogP contribution in [0.3, 0.4) is 0 Å². The van der Waals surface area contributed by atoms with E-state index >= 15 is 0 Å². The van der Waals surface area contributed by atoms with E-state index in [1.807, 2.05) is 45.0 Å². The molecule has 138 valence electrons. The highest BCUT2D eigenvalue weighted by molar-refractivity contribution is 6.30. The summed E-state index contributed by atoms with van der Waals surface area (Å²) in [5.41, 5.74) is 3.40. The number of hydrogen-bond donors (Lipinski definition) is 1. The molecule has 0 spiro atoms. The number of rotatable bonds is 7. The third kappa shape index (κ3) is 5.49. The summed E-state index contributed by atoms with van der Waals surface area (Å²) in [6.07, 6.45) is 0.796. The molecule has 0 bridgehead atoms. The topological polar surface area (TPSA) is 64.6 Å². The predicted molar refractivity (Wildman–Crippen MR) is 102 cm³/mol. The Labute approximate surface area is 158 Å². The van der Waals surface area contributed by atoms with Crippen LogP contribution in [0, 0.1) is 13.8 Å². The molecule has 0 aliphatic heterocycles. The Morgan fingerprint density at radius 1 is 1.08 bits per heavy atom. The molecule has 0 aliphatic rings. The van der Waals surface area contributed by atoms with Crippen molar-refractivity contribution in [3.05, 3.63) is 58.1 Å². The van der Waals surface area contributed by atoms with Gasteiger partial charge in [-0.15, -0.1) is 0 Å². The average molecular weight is 376 g/mol. The summed E-state index contributed by atoms with van der Waals surface area (Å²) >= 11 is 5.97. The summed E-state index contributed by atoms with van der Waals surface area (Å²) in [5, 5.41) is 3.35. The summed E-state index contributed by atoms with van der Waals surface area (Å²) in [6, 6.07) is 11.0. The zero-order valence-corrected chi connectivity index (χ0v) is 15.9. The van der Waals surface area contributed by atoms with E-state index < -0.39 is 11.9 Å². The van der Waals surface area contributed by atoms with Crippen molar-refractivity contribution in [1.82, 2.24) is 0 Å². The molecule has 0 saturated heterocycles. The van der Waals surface area contributed by atoms with E-state index in [0.29, 0.717) is 10.8 Å². The van der Waals surface area contributed by atoms with Crippen molar-refractivity contribution in [2.45, 2.75) is 27.2 Å². The monoisotopic (exact) mass is 375 g/mol. The number of anilines is 1. The first kappa shape index (κ1) is 19.8. The minimum atomic E-state index is -0.613. The predicted octanol–water partition coefficient (Wildman–Crippen LogP) is 4.08. The van der Waals surface area contributed by atoms with E-state index in [1.54, 1.807) is 12.1 Å². The Morgan fingerprint density at radius 2 is 1.73 bits per heavy atom. The lowest BCUT2D eigenvalue weighted by atomic mass is 10.1. The Hall–Kier alpha value is -2.53. The maximum Gasteiger partial charge on any atom is 0.344 e. The molecule has 1 amide bonds. The highest BCUT2D eigenvalue weighted by Crippen LogP contribution is 2.27. The Kier molecular flexibility index (Phi) is 7.04. The molecule has 0 radical (unpaired) electrons. The number of nitrogens with one attached hydrogen (secondary N) is 1. The summed E-state index contributed by atoms with van der Waals surface area (Å²) < 4.78 is 10.5. The van der Waals surface area contributed by atoms with Gasteiger partial charge in [0, 0.05) is 10.7 Å². The summed E-state index contributed by atoms with van der Waals surface area (Å²) in [4.78, 5) is 23.8. The van der Waals surface area contributed by atoms with Crippen LogP contribution in [0.25, 0.3) is 0 Å². The lowest BCUT2D eigenvalue weighted by Gasteiger charge is -2.13. The van der Waals surface area contributed by atoms with Crippen molar-refractivity contribution in [1.29, 1.82) is 0 Å². The van der Waals surface area contributed by atoms with Gasteiger partial charge in [-0.1, -0.05) is 36.7 Å². The smallest absolute Gasteiger partial charge is 0.344 e. The van der Waals surface area contributed by atoms with Gasteiger partial charge in [-0.2, -0.15) is 0 Å². The lowest BCUT2D eigenvalue weighted by Crippen LogP contribution is -2.24.